The Hall–Kier alpha value is -2.35. The number of fused-ring (bicyclic) bond motifs is 3. The fourth-order valence-electron chi connectivity index (χ4n) is 5.57. The predicted octanol–water partition coefficient (Wildman–Crippen LogP) is 6.85. The quantitative estimate of drug-likeness (QED) is 0.308. The molecular formula is C26H30N2. The predicted molar refractivity (Wildman–Crippen MR) is 120 cm³/mol. The van der Waals surface area contributed by atoms with E-state index in [1.165, 1.54) is 11.3 Å². The fourth-order valence-corrected chi connectivity index (χ4v) is 5.57. The summed E-state index contributed by atoms with van der Waals surface area (Å²) in [7, 11) is 0. The first kappa shape index (κ1) is 14.6. The van der Waals surface area contributed by atoms with E-state index in [1.54, 1.807) is 0 Å². The summed E-state index contributed by atoms with van der Waals surface area (Å²) in [5.41, 5.74) is 5.17. The maximum Gasteiger partial charge on any atom is 0.145 e. The minimum absolute atomic E-state index is 0.125. The number of rotatable bonds is 0. The van der Waals surface area contributed by atoms with Gasteiger partial charge < -0.3 is 0 Å². The Bertz CT molecular complexity index is 1400. The monoisotopic (exact) mass is 373 g/mol. The van der Waals surface area contributed by atoms with Crippen LogP contribution in [0.5, 0.6) is 0 Å². The lowest BCUT2D eigenvalue weighted by atomic mass is 9.52. The first-order chi connectivity index (χ1) is 14.2. The highest BCUT2D eigenvalue weighted by atomic mass is 15.1. The van der Waals surface area contributed by atoms with Crippen molar-refractivity contribution in [2.24, 2.45) is 5.41 Å². The molecule has 0 amide bonds. The molecule has 0 saturated heterocycles. The Labute approximate surface area is 171 Å². The molecule has 4 aromatic rings. The van der Waals surface area contributed by atoms with Gasteiger partial charge in [0, 0.05) is 20.3 Å². The Morgan fingerprint density at radius 3 is 2.25 bits per heavy atom. The Balaban J connectivity index is 2.24. The largest absolute Gasteiger partial charge is 0.295 e. The van der Waals surface area contributed by atoms with Crippen molar-refractivity contribution >= 4 is 27.3 Å². The Morgan fingerprint density at radius 2 is 1.57 bits per heavy atom. The molecule has 1 aliphatic rings. The van der Waals surface area contributed by atoms with Gasteiger partial charge in [-0.1, -0.05) is 77.9 Å². The third kappa shape index (κ3) is 1.73. The van der Waals surface area contributed by atoms with Crippen LogP contribution in [0.1, 0.15) is 68.2 Å². The number of benzene rings is 2. The van der Waals surface area contributed by atoms with Crippen molar-refractivity contribution in [1.82, 2.24) is 9.38 Å². The number of imidazole rings is 1. The minimum Gasteiger partial charge on any atom is -0.295 e. The fraction of sp³-hybridized carbons (Fsp3) is 0.423. The molecular weight excluding hydrogens is 340 g/mol. The zero-order chi connectivity index (χ0) is 22.7. The second-order valence-electron chi connectivity index (χ2n) is 10.0. The lowest BCUT2D eigenvalue weighted by Gasteiger charge is -2.51. The summed E-state index contributed by atoms with van der Waals surface area (Å²) in [6.45, 7) is 13.8. The highest BCUT2D eigenvalue weighted by molar-refractivity contribution is 6.14. The van der Waals surface area contributed by atoms with Gasteiger partial charge >= 0.3 is 0 Å². The average molecular weight is 374 g/mol. The number of aryl methyl sites for hydroxylation is 2. The molecule has 3 heterocycles. The van der Waals surface area contributed by atoms with E-state index in [0.29, 0.717) is 5.56 Å². The van der Waals surface area contributed by atoms with E-state index in [1.807, 2.05) is 24.3 Å². The van der Waals surface area contributed by atoms with Gasteiger partial charge in [-0.25, -0.2) is 4.98 Å². The van der Waals surface area contributed by atoms with Gasteiger partial charge in [0.25, 0.3) is 0 Å². The first-order valence-electron chi connectivity index (χ1n) is 11.6. The summed E-state index contributed by atoms with van der Waals surface area (Å²) in [4.78, 5) is 5.06. The minimum atomic E-state index is -2.20. The number of hydrogen-bond acceptors (Lipinski definition) is 1. The highest BCUT2D eigenvalue weighted by Crippen LogP contribution is 2.58. The van der Waals surface area contributed by atoms with Crippen LogP contribution in [-0.2, 0) is 10.8 Å². The van der Waals surface area contributed by atoms with Crippen molar-refractivity contribution in [3.8, 4) is 0 Å². The zero-order valence-electron chi connectivity index (χ0n) is 20.9. The Kier molecular flexibility index (Phi) is 2.60. The molecule has 0 N–H and O–H groups in total. The molecule has 2 aromatic carbocycles. The average Bonchev–Trinajstić information content (AvgIpc) is 3.02. The van der Waals surface area contributed by atoms with Crippen molar-refractivity contribution < 1.29 is 4.11 Å². The molecule has 28 heavy (non-hydrogen) atoms. The summed E-state index contributed by atoms with van der Waals surface area (Å²) in [6, 6.07) is 12.0. The summed E-state index contributed by atoms with van der Waals surface area (Å²) in [6.07, 6.45) is 0. The van der Waals surface area contributed by atoms with E-state index >= 15 is 0 Å². The van der Waals surface area contributed by atoms with Crippen LogP contribution in [0.25, 0.3) is 27.3 Å². The molecule has 144 valence electrons. The molecule has 0 radical (unpaired) electrons. The van der Waals surface area contributed by atoms with Gasteiger partial charge in [-0.2, -0.15) is 0 Å². The molecule has 2 heteroatoms. The molecule has 5 rings (SSSR count). The maximum absolute atomic E-state index is 8.30. The lowest BCUT2D eigenvalue weighted by molar-refractivity contribution is 0.0919. The van der Waals surface area contributed by atoms with Crippen molar-refractivity contribution in [2.75, 3.05) is 0 Å². The number of aromatic nitrogens is 2. The molecule has 0 aliphatic carbocycles. The van der Waals surface area contributed by atoms with Gasteiger partial charge in [0.2, 0.25) is 0 Å². The summed E-state index contributed by atoms with van der Waals surface area (Å²) >= 11 is 0. The molecule has 0 bridgehead atoms. The molecule has 2 nitrogen and oxygen atoms in total. The van der Waals surface area contributed by atoms with Gasteiger partial charge in [0.15, 0.2) is 0 Å². The molecule has 0 atom stereocenters. The number of pyridine rings is 1. The van der Waals surface area contributed by atoms with E-state index < -0.39 is 6.85 Å². The van der Waals surface area contributed by atoms with Crippen LogP contribution < -0.4 is 0 Å². The van der Waals surface area contributed by atoms with E-state index in [-0.39, 0.29) is 16.2 Å². The van der Waals surface area contributed by atoms with Crippen LogP contribution in [0.3, 0.4) is 0 Å². The van der Waals surface area contributed by atoms with E-state index in [9.17, 15) is 0 Å². The molecule has 0 spiro atoms. The second kappa shape index (κ2) is 4.97. The first-order valence-corrected chi connectivity index (χ1v) is 10.1. The van der Waals surface area contributed by atoms with Crippen LogP contribution in [0.4, 0.5) is 0 Å². The van der Waals surface area contributed by atoms with E-state index in [2.05, 4.69) is 65.0 Å². The lowest BCUT2D eigenvalue weighted by Crippen LogP contribution is -2.49. The highest BCUT2D eigenvalue weighted by Gasteiger charge is 2.53. The van der Waals surface area contributed by atoms with Crippen molar-refractivity contribution in [1.29, 1.82) is 0 Å². The Morgan fingerprint density at radius 1 is 0.893 bits per heavy atom. The van der Waals surface area contributed by atoms with Gasteiger partial charge in [-0.05, 0) is 41.1 Å². The van der Waals surface area contributed by atoms with E-state index in [0.717, 1.165) is 33.0 Å². The molecule has 0 fully saturated rings. The molecule has 0 unspecified atom stereocenters. The van der Waals surface area contributed by atoms with Crippen molar-refractivity contribution in [3.63, 3.8) is 0 Å². The summed E-state index contributed by atoms with van der Waals surface area (Å²) in [5, 5.41) is 2.80. The van der Waals surface area contributed by atoms with Crippen LogP contribution in [0.15, 0.2) is 36.4 Å². The SMILES string of the molecule is [2H]C([2H])([2H])c1ccc2c3c1c1ccccc1c1nc(C)c(n13)C(C)(C)C(C)(C)C2(C)C. The third-order valence-electron chi connectivity index (χ3n) is 8.28. The normalized spacial score (nSPS) is 21.6. The van der Waals surface area contributed by atoms with Gasteiger partial charge in [0.1, 0.15) is 5.65 Å². The van der Waals surface area contributed by atoms with Crippen molar-refractivity contribution in [2.45, 2.75) is 66.1 Å². The summed E-state index contributed by atoms with van der Waals surface area (Å²) in [5.74, 6) is 0. The third-order valence-corrected chi connectivity index (χ3v) is 8.28. The summed E-state index contributed by atoms with van der Waals surface area (Å²) < 4.78 is 27.2. The molecule has 2 aromatic heterocycles. The van der Waals surface area contributed by atoms with Crippen LogP contribution in [0, 0.1) is 19.2 Å². The van der Waals surface area contributed by atoms with Crippen LogP contribution in [0.2, 0.25) is 0 Å². The van der Waals surface area contributed by atoms with Crippen LogP contribution in [-0.4, -0.2) is 9.38 Å². The maximum atomic E-state index is 8.30. The van der Waals surface area contributed by atoms with Gasteiger partial charge in [0.05, 0.1) is 16.9 Å². The molecule has 1 aliphatic heterocycles. The van der Waals surface area contributed by atoms with Crippen molar-refractivity contribution in [3.05, 3.63) is 58.9 Å². The smallest absolute Gasteiger partial charge is 0.145 e. The standard InChI is InChI=1S/C26H30N2/c1-15-13-14-19-21-20(15)17-11-9-10-12-18(17)23-27-16(2)22(28(21)23)25(5,6)26(7,8)24(19,3)4/h9-14H,1-8H3/i1D3. The van der Waals surface area contributed by atoms with Gasteiger partial charge in [-0.15, -0.1) is 0 Å². The van der Waals surface area contributed by atoms with E-state index in [4.69, 9.17) is 9.10 Å². The number of nitrogens with zero attached hydrogens (tertiary/aromatic N) is 2. The topological polar surface area (TPSA) is 17.3 Å². The van der Waals surface area contributed by atoms with Crippen LogP contribution >= 0.6 is 0 Å². The second-order valence-corrected chi connectivity index (χ2v) is 10.0. The zero-order valence-corrected chi connectivity index (χ0v) is 17.9. The van der Waals surface area contributed by atoms with Gasteiger partial charge in [-0.3, -0.25) is 4.40 Å². The number of hydrogen-bond donors (Lipinski definition) is 0. The molecule has 0 saturated carbocycles.